The standard InChI is InChI=1S/C15H18ClN3O/c1-10(2)18-8-13-7-17-9-15(19-13)20-14-5-4-12(16)6-11(14)3/h4-7,9-10,18H,8H2,1-3H3. The molecule has 5 heteroatoms. The van der Waals surface area contributed by atoms with Crippen LogP contribution in [0.5, 0.6) is 11.6 Å². The quantitative estimate of drug-likeness (QED) is 0.912. The number of hydrogen-bond donors (Lipinski definition) is 1. The van der Waals surface area contributed by atoms with E-state index >= 15 is 0 Å². The van der Waals surface area contributed by atoms with E-state index in [1.54, 1.807) is 18.5 Å². The van der Waals surface area contributed by atoms with Gasteiger partial charge in [0.05, 0.1) is 11.9 Å². The lowest BCUT2D eigenvalue weighted by Crippen LogP contribution is -2.22. The molecule has 0 saturated heterocycles. The molecule has 0 spiro atoms. The number of ether oxygens (including phenoxy) is 1. The fraction of sp³-hybridized carbons (Fsp3) is 0.333. The molecule has 4 nitrogen and oxygen atoms in total. The SMILES string of the molecule is Cc1cc(Cl)ccc1Oc1cncc(CNC(C)C)n1. The van der Waals surface area contributed by atoms with E-state index < -0.39 is 0 Å². The molecule has 0 saturated carbocycles. The summed E-state index contributed by atoms with van der Waals surface area (Å²) in [5, 5.41) is 3.99. The Hall–Kier alpha value is -1.65. The molecule has 1 aromatic heterocycles. The van der Waals surface area contributed by atoms with Crippen LogP contribution < -0.4 is 10.1 Å². The van der Waals surface area contributed by atoms with Crippen molar-refractivity contribution in [3.8, 4) is 11.6 Å². The number of hydrogen-bond acceptors (Lipinski definition) is 4. The van der Waals surface area contributed by atoms with Crippen molar-refractivity contribution in [3.63, 3.8) is 0 Å². The first-order chi connectivity index (χ1) is 9.54. The van der Waals surface area contributed by atoms with Gasteiger partial charge in [-0.05, 0) is 30.7 Å². The van der Waals surface area contributed by atoms with Gasteiger partial charge in [-0.25, -0.2) is 4.98 Å². The summed E-state index contributed by atoms with van der Waals surface area (Å²) in [5.74, 6) is 1.22. The number of aromatic nitrogens is 2. The maximum atomic E-state index is 5.92. The average molecular weight is 292 g/mol. The zero-order valence-electron chi connectivity index (χ0n) is 11.9. The van der Waals surface area contributed by atoms with Crippen LogP contribution in [-0.4, -0.2) is 16.0 Å². The van der Waals surface area contributed by atoms with Crippen LogP contribution in [0, 0.1) is 6.92 Å². The Morgan fingerprint density at radius 1 is 1.30 bits per heavy atom. The fourth-order valence-corrected chi connectivity index (χ4v) is 1.90. The zero-order chi connectivity index (χ0) is 14.5. The first-order valence-corrected chi connectivity index (χ1v) is 6.90. The molecule has 1 heterocycles. The van der Waals surface area contributed by atoms with E-state index in [9.17, 15) is 0 Å². The number of benzene rings is 1. The molecule has 0 aliphatic carbocycles. The van der Waals surface area contributed by atoms with Crippen LogP contribution in [-0.2, 0) is 6.54 Å². The van der Waals surface area contributed by atoms with E-state index in [0.717, 1.165) is 17.0 Å². The lowest BCUT2D eigenvalue weighted by molar-refractivity contribution is 0.452. The van der Waals surface area contributed by atoms with Crippen LogP contribution in [0.3, 0.4) is 0 Å². The van der Waals surface area contributed by atoms with Gasteiger partial charge in [-0.2, -0.15) is 0 Å². The Labute approximate surface area is 124 Å². The summed E-state index contributed by atoms with van der Waals surface area (Å²) < 4.78 is 5.75. The van der Waals surface area contributed by atoms with Gasteiger partial charge in [-0.1, -0.05) is 25.4 Å². The summed E-state index contributed by atoms with van der Waals surface area (Å²) in [4.78, 5) is 8.58. The molecule has 1 aromatic carbocycles. The van der Waals surface area contributed by atoms with Crippen LogP contribution in [0.15, 0.2) is 30.6 Å². The van der Waals surface area contributed by atoms with Crippen molar-refractivity contribution >= 4 is 11.6 Å². The molecule has 0 radical (unpaired) electrons. The summed E-state index contributed by atoms with van der Waals surface area (Å²) in [6, 6.07) is 5.88. The molecule has 2 aromatic rings. The summed E-state index contributed by atoms with van der Waals surface area (Å²) in [6.07, 6.45) is 3.34. The van der Waals surface area contributed by atoms with E-state index in [1.807, 2.05) is 19.1 Å². The Morgan fingerprint density at radius 2 is 2.10 bits per heavy atom. The summed E-state index contributed by atoms with van der Waals surface area (Å²) in [7, 11) is 0. The van der Waals surface area contributed by atoms with Gasteiger partial charge in [0.1, 0.15) is 5.75 Å². The monoisotopic (exact) mass is 291 g/mol. The summed E-state index contributed by atoms with van der Waals surface area (Å²) >= 11 is 5.92. The first kappa shape index (κ1) is 14.8. The Bertz CT molecular complexity index is 587. The second-order valence-electron chi connectivity index (χ2n) is 4.90. The molecule has 106 valence electrons. The lowest BCUT2D eigenvalue weighted by Gasteiger charge is -2.10. The highest BCUT2D eigenvalue weighted by atomic mass is 35.5. The average Bonchev–Trinajstić information content (AvgIpc) is 2.40. The second-order valence-corrected chi connectivity index (χ2v) is 5.33. The predicted molar refractivity (Wildman–Crippen MR) is 80.3 cm³/mol. The minimum absolute atomic E-state index is 0.403. The van der Waals surface area contributed by atoms with Gasteiger partial charge >= 0.3 is 0 Å². The number of halogens is 1. The molecule has 0 fully saturated rings. The van der Waals surface area contributed by atoms with Crippen molar-refractivity contribution < 1.29 is 4.74 Å². The molecule has 2 rings (SSSR count). The number of rotatable bonds is 5. The van der Waals surface area contributed by atoms with Gasteiger partial charge in [-0.15, -0.1) is 0 Å². The Kier molecular flexibility index (Phi) is 4.93. The van der Waals surface area contributed by atoms with Crippen LogP contribution in [0.2, 0.25) is 5.02 Å². The van der Waals surface area contributed by atoms with Gasteiger partial charge in [-0.3, -0.25) is 4.98 Å². The van der Waals surface area contributed by atoms with Crippen LogP contribution >= 0.6 is 11.6 Å². The summed E-state index contributed by atoms with van der Waals surface area (Å²) in [5.41, 5.74) is 1.81. The minimum atomic E-state index is 0.403. The van der Waals surface area contributed by atoms with Crippen molar-refractivity contribution in [2.24, 2.45) is 0 Å². The van der Waals surface area contributed by atoms with Gasteiger partial charge in [0, 0.05) is 23.8 Å². The number of aryl methyl sites for hydroxylation is 1. The normalized spacial score (nSPS) is 10.8. The molecule has 0 atom stereocenters. The Morgan fingerprint density at radius 3 is 2.80 bits per heavy atom. The van der Waals surface area contributed by atoms with Gasteiger partial charge in [0.25, 0.3) is 0 Å². The third-order valence-corrected chi connectivity index (χ3v) is 2.94. The minimum Gasteiger partial charge on any atom is -0.437 e. The highest BCUT2D eigenvalue weighted by Crippen LogP contribution is 2.25. The van der Waals surface area contributed by atoms with E-state index in [-0.39, 0.29) is 0 Å². The molecular weight excluding hydrogens is 274 g/mol. The molecule has 0 bridgehead atoms. The third-order valence-electron chi connectivity index (χ3n) is 2.71. The molecule has 0 amide bonds. The maximum Gasteiger partial charge on any atom is 0.238 e. The highest BCUT2D eigenvalue weighted by molar-refractivity contribution is 6.30. The Balaban J connectivity index is 2.11. The van der Waals surface area contributed by atoms with Crippen molar-refractivity contribution in [1.29, 1.82) is 0 Å². The topological polar surface area (TPSA) is 47.0 Å². The van der Waals surface area contributed by atoms with E-state index in [1.165, 1.54) is 0 Å². The van der Waals surface area contributed by atoms with Crippen molar-refractivity contribution in [2.45, 2.75) is 33.4 Å². The van der Waals surface area contributed by atoms with Gasteiger partial charge in [0.15, 0.2) is 0 Å². The maximum absolute atomic E-state index is 5.92. The van der Waals surface area contributed by atoms with E-state index in [2.05, 4.69) is 29.1 Å². The van der Waals surface area contributed by atoms with Gasteiger partial charge < -0.3 is 10.1 Å². The molecule has 0 aliphatic heterocycles. The zero-order valence-corrected chi connectivity index (χ0v) is 12.6. The molecular formula is C15H18ClN3O. The smallest absolute Gasteiger partial charge is 0.238 e. The molecule has 0 aliphatic rings. The van der Waals surface area contributed by atoms with Gasteiger partial charge in [0.2, 0.25) is 5.88 Å². The molecule has 1 N–H and O–H groups in total. The van der Waals surface area contributed by atoms with Crippen LogP contribution in [0.25, 0.3) is 0 Å². The van der Waals surface area contributed by atoms with Crippen molar-refractivity contribution in [3.05, 3.63) is 46.9 Å². The number of nitrogens with one attached hydrogen (secondary N) is 1. The van der Waals surface area contributed by atoms with Crippen molar-refractivity contribution in [2.75, 3.05) is 0 Å². The highest BCUT2D eigenvalue weighted by Gasteiger charge is 2.05. The second kappa shape index (κ2) is 6.68. The van der Waals surface area contributed by atoms with E-state index in [0.29, 0.717) is 23.5 Å². The van der Waals surface area contributed by atoms with Crippen molar-refractivity contribution in [1.82, 2.24) is 15.3 Å². The molecule has 20 heavy (non-hydrogen) atoms. The fourth-order valence-electron chi connectivity index (χ4n) is 1.67. The summed E-state index contributed by atoms with van der Waals surface area (Å²) in [6.45, 7) is 6.79. The first-order valence-electron chi connectivity index (χ1n) is 6.53. The third kappa shape index (κ3) is 4.18. The van der Waals surface area contributed by atoms with E-state index in [4.69, 9.17) is 16.3 Å². The van der Waals surface area contributed by atoms with Crippen LogP contribution in [0.1, 0.15) is 25.1 Å². The largest absolute Gasteiger partial charge is 0.437 e. The van der Waals surface area contributed by atoms with Crippen LogP contribution in [0.4, 0.5) is 0 Å². The lowest BCUT2D eigenvalue weighted by atomic mass is 10.2. The molecule has 0 unspecified atom stereocenters. The predicted octanol–water partition coefficient (Wildman–Crippen LogP) is 3.73. The number of nitrogens with zero attached hydrogens (tertiary/aromatic N) is 2.